The summed E-state index contributed by atoms with van der Waals surface area (Å²) in [7, 11) is -2.76. The first kappa shape index (κ1) is 27.5. The lowest BCUT2D eigenvalue weighted by molar-refractivity contribution is 0.313. The van der Waals surface area contributed by atoms with Gasteiger partial charge in [-0.15, -0.1) is 11.3 Å². The number of ether oxygens (including phenoxy) is 1. The van der Waals surface area contributed by atoms with E-state index in [1.54, 1.807) is 29.8 Å². The first-order chi connectivity index (χ1) is 17.5. The van der Waals surface area contributed by atoms with Crippen LogP contribution in [0.2, 0.25) is 0 Å². The molecule has 0 unspecified atom stereocenters. The molecular weight excluding hydrogens is 498 g/mol. The van der Waals surface area contributed by atoms with Gasteiger partial charge in [-0.2, -0.15) is 0 Å². The normalized spacial score (nSPS) is 14.7. The van der Waals surface area contributed by atoms with E-state index < -0.39 is 10.0 Å². The average molecular weight is 532 g/mol. The van der Waals surface area contributed by atoms with Crippen LogP contribution in [0.3, 0.4) is 0 Å². The number of rotatable bonds is 5. The lowest BCUT2D eigenvalue weighted by atomic mass is 9.96. The Morgan fingerprint density at radius 1 is 1.17 bits per heavy atom. The van der Waals surface area contributed by atoms with Crippen molar-refractivity contribution in [1.82, 2.24) is 10.3 Å². The Hall–Kier alpha value is -3.12. The van der Waals surface area contributed by atoms with E-state index in [1.807, 2.05) is 32.0 Å². The zero-order valence-electron chi connectivity index (χ0n) is 20.7. The number of nitrogens with one attached hydrogen (secondary N) is 2. The number of aliphatic hydroxyl groups excluding tert-OH is 1. The zero-order valence-corrected chi connectivity index (χ0v) is 22.3. The van der Waals surface area contributed by atoms with Crippen molar-refractivity contribution >= 4 is 49.1 Å². The Kier molecular flexibility index (Phi) is 9.71. The number of anilines is 4. The number of hydrogen-bond donors (Lipinski definition) is 4. The Balaban J connectivity index is 0.000000861. The quantitative estimate of drug-likeness (QED) is 0.363. The maximum absolute atomic E-state index is 12.8. The van der Waals surface area contributed by atoms with Gasteiger partial charge in [-0.05, 0) is 48.9 Å². The van der Waals surface area contributed by atoms with Crippen LogP contribution in [0.1, 0.15) is 25.8 Å². The summed E-state index contributed by atoms with van der Waals surface area (Å²) in [6, 6.07) is 10.9. The van der Waals surface area contributed by atoms with E-state index in [2.05, 4.69) is 26.0 Å². The van der Waals surface area contributed by atoms with Gasteiger partial charge in [0, 0.05) is 48.2 Å². The maximum atomic E-state index is 12.8. The highest BCUT2D eigenvalue weighted by Gasteiger charge is 2.26. The van der Waals surface area contributed by atoms with Gasteiger partial charge in [-0.25, -0.2) is 13.4 Å². The van der Waals surface area contributed by atoms with E-state index >= 15 is 0 Å². The third-order valence-corrected chi connectivity index (χ3v) is 7.63. The summed E-state index contributed by atoms with van der Waals surface area (Å²) in [6.45, 7) is 6.85. The van der Waals surface area contributed by atoms with Crippen molar-refractivity contribution in [2.75, 3.05) is 48.7 Å². The van der Waals surface area contributed by atoms with Crippen molar-refractivity contribution in [2.45, 2.75) is 25.2 Å². The molecule has 3 heterocycles. The number of aromatic nitrogens is 1. The van der Waals surface area contributed by atoms with Crippen molar-refractivity contribution in [2.24, 2.45) is 0 Å². The molecule has 11 heteroatoms. The van der Waals surface area contributed by atoms with E-state index in [0.29, 0.717) is 29.7 Å². The highest BCUT2D eigenvalue weighted by molar-refractivity contribution is 7.93. The van der Waals surface area contributed by atoms with Gasteiger partial charge >= 0.3 is 0 Å². The molecule has 0 aliphatic carbocycles. The van der Waals surface area contributed by atoms with Crippen molar-refractivity contribution < 1.29 is 18.3 Å². The highest BCUT2D eigenvalue weighted by atomic mass is 32.2. The molecule has 0 saturated carbocycles. The van der Waals surface area contributed by atoms with E-state index in [-0.39, 0.29) is 4.90 Å². The van der Waals surface area contributed by atoms with Crippen LogP contribution in [0.25, 0.3) is 5.57 Å². The van der Waals surface area contributed by atoms with Crippen LogP contribution >= 0.6 is 11.3 Å². The van der Waals surface area contributed by atoms with Gasteiger partial charge in [0.2, 0.25) is 0 Å². The topological polar surface area (TPSA) is 130 Å². The fourth-order valence-corrected chi connectivity index (χ4v) is 5.78. The smallest absolute Gasteiger partial charge is 0.263 e. The van der Waals surface area contributed by atoms with E-state index in [9.17, 15) is 8.42 Å². The van der Waals surface area contributed by atoms with Crippen LogP contribution in [-0.2, 0) is 10.0 Å². The lowest BCUT2D eigenvalue weighted by Gasteiger charge is -2.33. The molecule has 5 rings (SSSR count). The van der Waals surface area contributed by atoms with Gasteiger partial charge in [0.15, 0.2) is 5.13 Å². The molecule has 0 amide bonds. The number of nitrogens with two attached hydrogens (primary N) is 1. The first-order valence-electron chi connectivity index (χ1n) is 11.7. The molecule has 0 atom stereocenters. The molecule has 0 spiro atoms. The number of benzene rings is 2. The third-order valence-electron chi connectivity index (χ3n) is 5.48. The number of sulfonamides is 1. The summed E-state index contributed by atoms with van der Waals surface area (Å²) in [5.74, 6) is 0.528. The maximum Gasteiger partial charge on any atom is 0.263 e. The first-order valence-corrected chi connectivity index (χ1v) is 14.1. The van der Waals surface area contributed by atoms with Crippen molar-refractivity contribution in [3.05, 3.63) is 59.6 Å². The predicted octanol–water partition coefficient (Wildman–Crippen LogP) is 4.07. The fraction of sp³-hybridized carbons (Fsp3) is 0.320. The minimum Gasteiger partial charge on any atom is -0.489 e. The Bertz CT molecular complexity index is 1280. The van der Waals surface area contributed by atoms with Crippen molar-refractivity contribution in [3.63, 3.8) is 0 Å². The van der Waals surface area contributed by atoms with Gasteiger partial charge < -0.3 is 25.8 Å². The number of thiazole rings is 1. The zero-order chi connectivity index (χ0) is 26.1. The van der Waals surface area contributed by atoms with Crippen LogP contribution in [0.15, 0.2) is 58.9 Å². The summed E-state index contributed by atoms with van der Waals surface area (Å²) in [4.78, 5) is 6.30. The molecule has 36 heavy (non-hydrogen) atoms. The van der Waals surface area contributed by atoms with E-state index in [1.165, 1.54) is 16.9 Å². The summed E-state index contributed by atoms with van der Waals surface area (Å²) in [5, 5.41) is 12.4. The average Bonchev–Trinajstić information content (AvgIpc) is 3.43. The van der Waals surface area contributed by atoms with Gasteiger partial charge in [0.1, 0.15) is 12.4 Å². The number of hydrogen-bond acceptors (Lipinski definition) is 9. The molecule has 2 aliphatic heterocycles. The van der Waals surface area contributed by atoms with Crippen molar-refractivity contribution in [3.8, 4) is 5.75 Å². The largest absolute Gasteiger partial charge is 0.489 e. The molecule has 9 nitrogen and oxygen atoms in total. The lowest BCUT2D eigenvalue weighted by Crippen LogP contribution is -2.30. The van der Waals surface area contributed by atoms with Crippen LogP contribution in [-0.4, -0.2) is 51.9 Å². The molecule has 5 N–H and O–H groups in total. The van der Waals surface area contributed by atoms with Crippen molar-refractivity contribution in [1.29, 1.82) is 0 Å². The highest BCUT2D eigenvalue weighted by Crippen LogP contribution is 2.42. The molecule has 194 valence electrons. The molecule has 3 aromatic rings. The fourth-order valence-electron chi connectivity index (χ4n) is 3.98. The predicted molar refractivity (Wildman–Crippen MR) is 148 cm³/mol. The monoisotopic (exact) mass is 531 g/mol. The SMILES string of the molecule is CC.CO.Nc1ccc(N2CCOc3cc(S(=O)(=O)Nc4nccs4)ccc32)c(C2=CCNCC2)c1. The molecule has 0 saturated heterocycles. The third kappa shape index (κ3) is 6.16. The number of fused-ring (bicyclic) bond motifs is 1. The molecule has 0 fully saturated rings. The molecule has 1 aromatic heterocycles. The van der Waals surface area contributed by atoms with Crippen LogP contribution in [0, 0.1) is 0 Å². The Labute approximate surface area is 216 Å². The second-order valence-electron chi connectivity index (χ2n) is 7.53. The Morgan fingerprint density at radius 3 is 2.64 bits per heavy atom. The summed E-state index contributed by atoms with van der Waals surface area (Å²) in [5.41, 5.74) is 11.0. The molecular formula is C25H33N5O4S2. The van der Waals surface area contributed by atoms with E-state index in [4.69, 9.17) is 15.6 Å². The molecule has 0 bridgehead atoms. The second kappa shape index (κ2) is 12.7. The van der Waals surface area contributed by atoms with Gasteiger partial charge in [0.05, 0.1) is 17.1 Å². The molecule has 2 aliphatic rings. The van der Waals surface area contributed by atoms with Gasteiger partial charge in [-0.3, -0.25) is 4.72 Å². The van der Waals surface area contributed by atoms with E-state index in [0.717, 1.165) is 43.6 Å². The summed E-state index contributed by atoms with van der Waals surface area (Å²) < 4.78 is 34.0. The van der Waals surface area contributed by atoms with Gasteiger partial charge in [-0.1, -0.05) is 19.9 Å². The summed E-state index contributed by atoms with van der Waals surface area (Å²) >= 11 is 1.23. The minimum atomic E-state index is -3.76. The number of aliphatic hydroxyl groups is 1. The summed E-state index contributed by atoms with van der Waals surface area (Å²) in [6.07, 6.45) is 4.68. The standard InChI is InChI=1S/C22H23N5O3S2.C2H6.CH4O/c23-16-1-3-19(18(13-16)15-5-7-24-8-6-15)27-10-11-30-21-14-17(2-4-20(21)27)32(28,29)26-22-25-9-12-31-22;2*1-2/h1-5,9,12-14,24H,6-8,10-11,23H2,(H,25,26);1-2H3;2H,1H3. The van der Waals surface area contributed by atoms with Crippen LogP contribution in [0.4, 0.5) is 22.2 Å². The van der Waals surface area contributed by atoms with Crippen LogP contribution < -0.4 is 25.4 Å². The second-order valence-corrected chi connectivity index (χ2v) is 10.1. The number of nitrogen functional groups attached to an aromatic ring is 1. The Morgan fingerprint density at radius 2 is 1.94 bits per heavy atom. The minimum absolute atomic E-state index is 0.131. The van der Waals surface area contributed by atoms with Crippen LogP contribution in [0.5, 0.6) is 5.75 Å². The molecule has 0 radical (unpaired) electrons. The number of nitrogens with zero attached hydrogens (tertiary/aromatic N) is 2. The van der Waals surface area contributed by atoms with Gasteiger partial charge in [0.25, 0.3) is 10.0 Å². The molecule has 2 aromatic carbocycles.